The summed E-state index contributed by atoms with van der Waals surface area (Å²) in [4.78, 5) is 4.89. The van der Waals surface area contributed by atoms with Gasteiger partial charge in [0, 0.05) is 39.5 Å². The molecule has 0 N–H and O–H groups in total. The summed E-state index contributed by atoms with van der Waals surface area (Å²) in [6, 6.07) is 132. The zero-order chi connectivity index (χ0) is 76.6. The van der Waals surface area contributed by atoms with Crippen molar-refractivity contribution in [3.05, 3.63) is 419 Å². The molecule has 2 heteroatoms. The van der Waals surface area contributed by atoms with Crippen LogP contribution in [0, 0.1) is 69.2 Å². The van der Waals surface area contributed by atoms with Crippen molar-refractivity contribution in [1.82, 2.24) is 0 Å². The lowest BCUT2D eigenvalue weighted by atomic mass is 9.77. The first-order chi connectivity index (χ1) is 53.8. The fourth-order valence-corrected chi connectivity index (χ4v) is 16.7. The van der Waals surface area contributed by atoms with Gasteiger partial charge in [-0.25, -0.2) is 0 Å². The number of nitrogens with zero attached hydrogens (tertiary/aromatic N) is 2. The third-order valence-corrected chi connectivity index (χ3v) is 22.1. The molecule has 0 heterocycles. The minimum Gasteiger partial charge on any atom is -0.310 e. The van der Waals surface area contributed by atoms with Crippen molar-refractivity contribution in [3.63, 3.8) is 0 Å². The zero-order valence-electron chi connectivity index (χ0n) is 65.9. The van der Waals surface area contributed by atoms with Crippen LogP contribution in [0.5, 0.6) is 0 Å². The van der Waals surface area contributed by atoms with E-state index in [2.05, 4.69) is 445 Å². The van der Waals surface area contributed by atoms with E-state index < -0.39 is 0 Å². The molecule has 16 aromatic rings. The first-order valence-electron chi connectivity index (χ1n) is 39.0. The Kier molecular flexibility index (Phi) is 20.0. The summed E-state index contributed by atoms with van der Waals surface area (Å²) >= 11 is 0. The molecule has 0 aliphatic carbocycles. The molecule has 0 aliphatic rings. The Labute approximate surface area is 658 Å². The van der Waals surface area contributed by atoms with Crippen molar-refractivity contribution in [2.45, 2.75) is 88.5 Å². The van der Waals surface area contributed by atoms with Crippen LogP contribution in [0.1, 0.15) is 80.6 Å². The van der Waals surface area contributed by atoms with Crippen LogP contribution in [-0.4, -0.2) is 0 Å². The zero-order valence-corrected chi connectivity index (χ0v) is 65.9. The van der Waals surface area contributed by atoms with Gasteiger partial charge in [0.25, 0.3) is 0 Å². The van der Waals surface area contributed by atoms with Crippen LogP contribution >= 0.6 is 0 Å². The van der Waals surface area contributed by atoms with E-state index in [1.165, 1.54) is 134 Å². The van der Waals surface area contributed by atoms with E-state index in [1.807, 2.05) is 0 Å². The molecule has 0 aromatic heterocycles. The average molecular weight is 1430 g/mol. The predicted molar refractivity (Wildman–Crippen MR) is 476 cm³/mol. The van der Waals surface area contributed by atoms with Gasteiger partial charge in [-0.15, -0.1) is 0 Å². The van der Waals surface area contributed by atoms with Crippen LogP contribution in [-0.2, 0) is 5.41 Å². The van der Waals surface area contributed by atoms with E-state index >= 15 is 0 Å². The fourth-order valence-electron chi connectivity index (χ4n) is 16.7. The smallest absolute Gasteiger partial charge is 0.0467 e. The Morgan fingerprint density at radius 3 is 0.658 bits per heavy atom. The topological polar surface area (TPSA) is 6.48 Å². The van der Waals surface area contributed by atoms with Gasteiger partial charge in [-0.1, -0.05) is 349 Å². The molecule has 16 rings (SSSR count). The Morgan fingerprint density at radius 1 is 0.153 bits per heavy atom. The van der Waals surface area contributed by atoms with Crippen LogP contribution in [0.15, 0.2) is 352 Å². The number of rotatable bonds is 18. The Bertz CT molecular complexity index is 5960. The largest absolute Gasteiger partial charge is 0.310 e. The molecule has 0 aliphatic heterocycles. The molecule has 0 saturated heterocycles. The van der Waals surface area contributed by atoms with Gasteiger partial charge in [0.2, 0.25) is 0 Å². The second kappa shape index (κ2) is 30.6. The first kappa shape index (κ1) is 72.3. The maximum atomic E-state index is 2.45. The van der Waals surface area contributed by atoms with E-state index in [1.54, 1.807) is 0 Å². The van der Waals surface area contributed by atoms with Crippen LogP contribution in [0.3, 0.4) is 0 Å². The molecule has 540 valence electrons. The molecule has 111 heavy (non-hydrogen) atoms. The maximum Gasteiger partial charge on any atom is 0.0467 e. The second-order valence-electron chi connectivity index (χ2n) is 31.4. The summed E-state index contributed by atoms with van der Waals surface area (Å²) < 4.78 is 0. The van der Waals surface area contributed by atoms with Crippen LogP contribution in [0.4, 0.5) is 34.1 Å². The highest BCUT2D eigenvalue weighted by atomic mass is 15.1. The van der Waals surface area contributed by atoms with Crippen LogP contribution < -0.4 is 9.80 Å². The van der Waals surface area contributed by atoms with E-state index in [-0.39, 0.29) is 5.41 Å². The van der Waals surface area contributed by atoms with Gasteiger partial charge in [-0.05, 0) is 264 Å². The average Bonchev–Trinajstić information content (AvgIpc) is 0.781. The van der Waals surface area contributed by atoms with E-state index in [0.29, 0.717) is 0 Å². The molecule has 0 spiro atoms. The van der Waals surface area contributed by atoms with Gasteiger partial charge in [0.15, 0.2) is 0 Å². The Morgan fingerprint density at radius 2 is 0.387 bits per heavy atom. The molecule has 0 fully saturated rings. The lowest BCUT2D eigenvalue weighted by Gasteiger charge is -2.28. The highest BCUT2D eigenvalue weighted by Gasteiger charge is 2.26. The Balaban J connectivity index is 0.731. The molecule has 16 aromatic carbocycles. The second-order valence-corrected chi connectivity index (χ2v) is 31.4. The fraction of sp³-hybridized carbons (Fsp3) is 0.119. The van der Waals surface area contributed by atoms with Crippen molar-refractivity contribution in [1.29, 1.82) is 0 Å². The van der Waals surface area contributed by atoms with Crippen LogP contribution in [0.25, 0.3) is 111 Å². The minimum atomic E-state index is -0.307. The lowest BCUT2D eigenvalue weighted by molar-refractivity contribution is 0.641. The predicted octanol–water partition coefficient (Wildman–Crippen LogP) is 30.7. The Hall–Kier alpha value is -12.9. The van der Waals surface area contributed by atoms with Gasteiger partial charge in [-0.3, -0.25) is 0 Å². The third-order valence-electron chi connectivity index (χ3n) is 22.1. The van der Waals surface area contributed by atoms with Gasteiger partial charge < -0.3 is 9.80 Å². The normalized spacial score (nSPS) is 11.4. The summed E-state index contributed by atoms with van der Waals surface area (Å²) in [5.41, 5.74) is 44.9. The number of aryl methyl sites for hydroxylation is 10. The summed E-state index contributed by atoms with van der Waals surface area (Å²) in [5.74, 6) is 0. The number of benzene rings is 16. The molecule has 0 atom stereocenters. The van der Waals surface area contributed by atoms with Crippen molar-refractivity contribution < 1.29 is 0 Å². The van der Waals surface area contributed by atoms with Crippen molar-refractivity contribution in [2.24, 2.45) is 0 Å². The minimum absolute atomic E-state index is 0.307. The molecule has 2 nitrogen and oxygen atoms in total. The van der Waals surface area contributed by atoms with Gasteiger partial charge >= 0.3 is 0 Å². The van der Waals surface area contributed by atoms with E-state index in [9.17, 15) is 0 Å². The monoisotopic (exact) mass is 1430 g/mol. The van der Waals surface area contributed by atoms with Gasteiger partial charge in [0.05, 0.1) is 0 Å². The summed E-state index contributed by atoms with van der Waals surface area (Å²) in [5, 5.41) is 0. The van der Waals surface area contributed by atoms with Crippen molar-refractivity contribution in [3.8, 4) is 111 Å². The molecule has 0 bridgehead atoms. The van der Waals surface area contributed by atoms with E-state index in [0.717, 1.165) is 78.6 Å². The number of anilines is 6. The maximum absolute atomic E-state index is 2.45. The third kappa shape index (κ3) is 15.4. The summed E-state index contributed by atoms with van der Waals surface area (Å²) in [6.45, 7) is 26.6. The highest BCUT2D eigenvalue weighted by Crippen LogP contribution is 2.47. The highest BCUT2D eigenvalue weighted by molar-refractivity contribution is 5.94. The molecule has 0 unspecified atom stereocenters. The van der Waals surface area contributed by atoms with Crippen molar-refractivity contribution >= 4 is 34.1 Å². The molecular formula is C109H94N2. The molecule has 0 amide bonds. The van der Waals surface area contributed by atoms with Gasteiger partial charge in [0.1, 0.15) is 0 Å². The van der Waals surface area contributed by atoms with Crippen molar-refractivity contribution in [2.75, 3.05) is 9.80 Å². The number of hydrogen-bond donors (Lipinski definition) is 0. The lowest BCUT2D eigenvalue weighted by Crippen LogP contribution is -2.18. The van der Waals surface area contributed by atoms with Gasteiger partial charge in [-0.2, -0.15) is 0 Å². The molecular weight excluding hydrogens is 1340 g/mol. The molecule has 0 radical (unpaired) electrons. The quantitative estimate of drug-likeness (QED) is 0.0845. The SMILES string of the molecule is Cc1cc(C)cc(-c2ccc(C)cc2-c2cccc(N(c3cccc(-c4ccc(C(C)(C)c5ccc(-c6cccc(N(c7cccc(-c8cc(C)ccc8-c8cc(C)cc(C)c8)c7)c7cccc(-c8cc(C)ccc8-c8cc(C)cc(C)c8)c7)c6)cc5)cc4)c3)c3cccc(-c4cc(C)ccc4-c4ccccc4)c3)c2)c1. The summed E-state index contributed by atoms with van der Waals surface area (Å²) in [7, 11) is 0. The van der Waals surface area contributed by atoms with E-state index in [4.69, 9.17) is 0 Å². The molecule has 0 saturated carbocycles. The van der Waals surface area contributed by atoms with Crippen LogP contribution in [0.2, 0.25) is 0 Å². The summed E-state index contributed by atoms with van der Waals surface area (Å²) in [6.07, 6.45) is 0. The first-order valence-corrected chi connectivity index (χ1v) is 39.0. The number of hydrogen-bond acceptors (Lipinski definition) is 2. The standard InChI is InChI=1S/C109H94N2/c1-71-36-48-101(83-22-14-13-15-23-83)105(61-71)86-26-18-32-97(67-86)110(98-33-19-27-87(68-98)106-62-72(2)37-49-102(106)90-55-75(5)52-76(6)56-90)95-30-16-24-84(65-95)81-40-44-93(45-41-81)109(11,12)94-46-42-82(43-47-94)85-25-17-31-96(66-85)111(99-34-20-28-88(69-99)107-63-73(3)38-50-103(107)91-57-77(7)53-78(8)58-91)100-35-21-29-89(70-100)108-64-74(4)39-51-104(108)92-59-79(9)54-80(10)60-92/h13-70H,1-12H3.